The first-order valence-electron chi connectivity index (χ1n) is 39.9. The molecule has 20 rings (SSSR count). The summed E-state index contributed by atoms with van der Waals surface area (Å²) >= 11 is 0. The van der Waals surface area contributed by atoms with Gasteiger partial charge in [-0.1, -0.05) is 265 Å². The fourth-order valence-electron chi connectivity index (χ4n) is 18.0. The van der Waals surface area contributed by atoms with Gasteiger partial charge in [0.25, 0.3) is 13.4 Å². The second kappa shape index (κ2) is 21.1. The number of aromatic nitrogens is 1. The van der Waals surface area contributed by atoms with Crippen molar-refractivity contribution in [1.29, 1.82) is 0 Å². The van der Waals surface area contributed by atoms with Gasteiger partial charge < -0.3 is 23.8 Å². The fraction of sp³-hybridized carbons (Fsp3) is 0.179. The van der Waals surface area contributed by atoms with Crippen LogP contribution >= 0.6 is 0 Å². The zero-order valence-corrected chi connectivity index (χ0v) is 59.5. The third-order valence-corrected chi connectivity index (χ3v) is 22.9. The molecule has 13 aromatic carbocycles. The van der Waals surface area contributed by atoms with Gasteiger partial charge in [0, 0.05) is 57.0 Å². The number of para-hydroxylation sites is 4. The Labute approximate surface area is 611 Å². The van der Waals surface area contributed by atoms with E-state index in [4.69, 9.17) is 12.2 Å². The lowest BCUT2D eigenvalue weighted by Crippen LogP contribution is -2.63. The lowest BCUT2D eigenvalue weighted by molar-refractivity contribution is 0.465. The SMILES string of the molecule is [2H]c1c([2H])c([2H])c2c(c1[2H])c1c([2H])c([2H])c([2H])c([2H])c1n2-c1cc2c3c(c1)N(c1cc(C(C)(C)C)cc(C(C)(C)C)c1)c1ccccc1B3c1cc3c(cc1O2)Oc1cc(-c2cccc4c2C2(c5ccccc5-c5ccccc52)c2ccccc2-4)cc2c1B3c1ccccc1N2c1cc(C(C)(C)C)cc(C(C)(C)C)c1. The molecule has 0 saturated heterocycles. The molecule has 1 aromatic heterocycles. The predicted molar refractivity (Wildman–Crippen MR) is 429 cm³/mol. The van der Waals surface area contributed by atoms with Crippen molar-refractivity contribution in [3.63, 3.8) is 0 Å². The third-order valence-electron chi connectivity index (χ3n) is 22.9. The fourth-order valence-corrected chi connectivity index (χ4v) is 18.0. The molecule has 102 heavy (non-hydrogen) atoms. The van der Waals surface area contributed by atoms with Gasteiger partial charge in [-0.15, -0.1) is 0 Å². The molecule has 6 aliphatic rings. The van der Waals surface area contributed by atoms with Gasteiger partial charge in [-0.3, -0.25) is 0 Å². The van der Waals surface area contributed by atoms with Crippen LogP contribution in [0.15, 0.2) is 261 Å². The third kappa shape index (κ3) is 8.54. The van der Waals surface area contributed by atoms with Gasteiger partial charge >= 0.3 is 0 Å². The second-order valence-electron chi connectivity index (χ2n) is 33.0. The molecule has 0 saturated carbocycles. The molecule has 0 atom stereocenters. The summed E-state index contributed by atoms with van der Waals surface area (Å²) in [5.74, 6) is 2.37. The average Bonchev–Trinajstić information content (AvgIpc) is 1.45. The number of anilines is 6. The van der Waals surface area contributed by atoms with Gasteiger partial charge in [-0.2, -0.15) is 0 Å². The van der Waals surface area contributed by atoms with Crippen LogP contribution in [0.5, 0.6) is 23.0 Å². The summed E-state index contributed by atoms with van der Waals surface area (Å²) in [4.78, 5) is 4.81. The number of fused-ring (bicyclic) bond motifs is 21. The number of ether oxygens (including phenoxy) is 2. The molecule has 5 nitrogen and oxygen atoms in total. The van der Waals surface area contributed by atoms with E-state index in [-0.39, 0.29) is 62.3 Å². The maximum atomic E-state index is 9.74. The zero-order valence-electron chi connectivity index (χ0n) is 67.5. The molecule has 0 radical (unpaired) electrons. The minimum Gasteiger partial charge on any atom is -0.458 e. The minimum absolute atomic E-state index is 0.00489. The van der Waals surface area contributed by atoms with Crippen LogP contribution in [0.3, 0.4) is 0 Å². The molecule has 4 aliphatic heterocycles. The topological polar surface area (TPSA) is 29.9 Å². The predicted octanol–water partition coefficient (Wildman–Crippen LogP) is 20.8. The largest absolute Gasteiger partial charge is 0.458 e. The quantitative estimate of drug-likeness (QED) is 0.164. The molecule has 5 heterocycles. The highest BCUT2D eigenvalue weighted by atomic mass is 16.5. The molecule has 0 fully saturated rings. The van der Waals surface area contributed by atoms with E-state index >= 15 is 0 Å². The van der Waals surface area contributed by atoms with E-state index in [0.717, 1.165) is 94.9 Å². The Morgan fingerprint density at radius 3 is 1.22 bits per heavy atom. The highest BCUT2D eigenvalue weighted by molar-refractivity contribution is 7.02. The van der Waals surface area contributed by atoms with Gasteiger partial charge in [0.05, 0.1) is 33.1 Å². The average molecular weight is 1320 g/mol. The van der Waals surface area contributed by atoms with Crippen LogP contribution < -0.4 is 52.1 Å². The Kier molecular flexibility index (Phi) is 10.9. The van der Waals surface area contributed by atoms with Gasteiger partial charge in [-0.05, 0) is 199 Å². The first kappa shape index (κ1) is 52.9. The van der Waals surface area contributed by atoms with E-state index in [2.05, 4.69) is 293 Å². The Morgan fingerprint density at radius 1 is 0.333 bits per heavy atom. The maximum Gasteiger partial charge on any atom is 0.256 e. The van der Waals surface area contributed by atoms with Gasteiger partial charge in [-0.25, -0.2) is 0 Å². The number of nitrogens with zero attached hydrogens (tertiary/aromatic N) is 3. The molecular formula is C95H79B2N3O2. The number of hydrogen-bond acceptors (Lipinski definition) is 4. The molecule has 1 spiro atoms. The zero-order chi connectivity index (χ0) is 76.4. The molecule has 2 aliphatic carbocycles. The molecule has 7 heteroatoms. The van der Waals surface area contributed by atoms with Crippen LogP contribution in [0.25, 0.3) is 60.9 Å². The Bertz CT molecular complexity index is 6300. The second-order valence-corrected chi connectivity index (χ2v) is 33.0. The van der Waals surface area contributed by atoms with Gasteiger partial charge in [0.1, 0.15) is 23.0 Å². The van der Waals surface area contributed by atoms with Crippen LogP contribution in [-0.2, 0) is 27.1 Å². The van der Waals surface area contributed by atoms with Crippen LogP contribution in [-0.4, -0.2) is 18.0 Å². The van der Waals surface area contributed by atoms with Crippen molar-refractivity contribution in [2.75, 3.05) is 9.80 Å². The highest BCUT2D eigenvalue weighted by Gasteiger charge is 2.54. The molecule has 0 amide bonds. The van der Waals surface area contributed by atoms with Crippen molar-refractivity contribution in [2.45, 2.75) is 110 Å². The number of rotatable bonds is 4. The van der Waals surface area contributed by atoms with Crippen molar-refractivity contribution >= 4 is 102 Å². The summed E-state index contributed by atoms with van der Waals surface area (Å²) in [6, 6.07) is 74.9. The standard InChI is InChI=1S/C95H79B2N3O2/c1-91(2,3)57-46-58(92(4,5)6)49-61(48-57)99-80-42-25-21-38-74(80)96-76-54-77-85(55-84(76)101-86-45-56(44-82(99)89(86)96)64-33-27-34-70-67-30-15-20-37-73(67)95(88(64)70)71-35-18-13-28-65(71)66-29-14-19-36-72(66)95)102-87-53-63(98-78-40-23-16-31-68(78)69-32-17-24-41-79(69)98)52-83-90(87)97(77)75-39-22-26-43-81(75)100(83)62-50-59(93(7,8)9)47-60(51-62)94(10,11)12/h13-55H,1-12H3/i16D,17D,23D,24D,31D,32D,40D,41D. The van der Waals surface area contributed by atoms with E-state index < -0.39 is 48.4 Å². The minimum atomic E-state index is -0.656. The Balaban J connectivity index is 0.863. The van der Waals surface area contributed by atoms with Crippen molar-refractivity contribution in [1.82, 2.24) is 4.57 Å². The van der Waals surface area contributed by atoms with E-state index in [0.29, 0.717) is 22.9 Å². The summed E-state index contributed by atoms with van der Waals surface area (Å²) in [6.07, 6.45) is 0. The summed E-state index contributed by atoms with van der Waals surface area (Å²) < 4.78 is 91.9. The van der Waals surface area contributed by atoms with Crippen LogP contribution in [0.1, 0.15) is 139 Å². The van der Waals surface area contributed by atoms with Crippen molar-refractivity contribution < 1.29 is 20.4 Å². The number of benzene rings is 13. The summed E-state index contributed by atoms with van der Waals surface area (Å²) in [5, 5.41) is -0.00978. The monoisotopic (exact) mass is 1320 g/mol. The van der Waals surface area contributed by atoms with Gasteiger partial charge in [0.15, 0.2) is 0 Å². The van der Waals surface area contributed by atoms with E-state index in [1.165, 1.54) is 55.6 Å². The normalized spacial score (nSPS) is 15.7. The summed E-state index contributed by atoms with van der Waals surface area (Å²) in [5.41, 5.74) is 27.2. The maximum absolute atomic E-state index is 9.74. The molecule has 0 unspecified atom stereocenters. The first-order chi connectivity index (χ1) is 52.4. The van der Waals surface area contributed by atoms with Crippen LogP contribution in [0.4, 0.5) is 34.1 Å². The molecule has 0 N–H and O–H groups in total. The van der Waals surface area contributed by atoms with Gasteiger partial charge in [0.2, 0.25) is 0 Å². The van der Waals surface area contributed by atoms with E-state index in [1.54, 1.807) is 4.57 Å². The molecule has 492 valence electrons. The van der Waals surface area contributed by atoms with Crippen molar-refractivity contribution in [3.8, 4) is 62.1 Å². The van der Waals surface area contributed by atoms with Crippen molar-refractivity contribution in [3.05, 3.63) is 305 Å². The van der Waals surface area contributed by atoms with Crippen molar-refractivity contribution in [2.24, 2.45) is 0 Å². The lowest BCUT2D eigenvalue weighted by Gasteiger charge is -2.43. The van der Waals surface area contributed by atoms with Crippen LogP contribution in [0.2, 0.25) is 0 Å². The lowest BCUT2D eigenvalue weighted by atomic mass is 9.31. The Hall–Kier alpha value is -11.0. The van der Waals surface area contributed by atoms with E-state index in [1.807, 2.05) is 12.1 Å². The smallest absolute Gasteiger partial charge is 0.256 e. The highest BCUT2D eigenvalue weighted by Crippen LogP contribution is 2.65. The van der Waals surface area contributed by atoms with E-state index in [9.17, 15) is 8.22 Å². The number of hydrogen-bond donors (Lipinski definition) is 0. The molecular weight excluding hydrogens is 1240 g/mol. The first-order valence-corrected chi connectivity index (χ1v) is 35.9. The summed E-state index contributed by atoms with van der Waals surface area (Å²) in [6.45, 7) is 26.4. The molecule has 14 aromatic rings. The van der Waals surface area contributed by atoms with Crippen LogP contribution in [0, 0.1) is 0 Å². The summed E-state index contributed by atoms with van der Waals surface area (Å²) in [7, 11) is 0. The Morgan fingerprint density at radius 2 is 0.735 bits per heavy atom. The molecule has 0 bridgehead atoms.